The first-order valence-electron chi connectivity index (χ1n) is 17.1. The van der Waals surface area contributed by atoms with E-state index in [0.717, 1.165) is 131 Å². The number of nitriles is 1. The minimum atomic E-state index is -0.0145. The Morgan fingerprint density at radius 1 is 0.804 bits per heavy atom. The summed E-state index contributed by atoms with van der Waals surface area (Å²) in [4.78, 5) is 35.8. The lowest BCUT2D eigenvalue weighted by Crippen LogP contribution is -2.40. The van der Waals surface area contributed by atoms with E-state index in [9.17, 15) is 14.4 Å². The van der Waals surface area contributed by atoms with Crippen LogP contribution in [0.2, 0.25) is 0 Å². The summed E-state index contributed by atoms with van der Waals surface area (Å²) in [6.45, 7) is 9.84. The van der Waals surface area contributed by atoms with Crippen LogP contribution >= 0.6 is 0 Å². The average molecular weight is 636 g/mol. The van der Waals surface area contributed by atoms with Gasteiger partial charge in [0.05, 0.1) is 17.5 Å². The van der Waals surface area contributed by atoms with Gasteiger partial charge in [0, 0.05) is 76.6 Å². The molecule has 12 heteroatoms. The average Bonchev–Trinajstić information content (AvgIpc) is 3.51. The fraction of sp³-hybridized carbons (Fsp3) is 0.706. The molecular formula is C34H49N7O5. The fourth-order valence-corrected chi connectivity index (χ4v) is 7.42. The quantitative estimate of drug-likeness (QED) is 0.314. The van der Waals surface area contributed by atoms with Gasteiger partial charge in [-0.1, -0.05) is 0 Å². The van der Waals surface area contributed by atoms with E-state index in [0.29, 0.717) is 39.0 Å². The topological polar surface area (TPSA) is 153 Å². The van der Waals surface area contributed by atoms with Crippen LogP contribution in [-0.2, 0) is 53.0 Å². The molecule has 250 valence electrons. The molecule has 12 nitrogen and oxygen atoms in total. The molecule has 4 aliphatic rings. The van der Waals surface area contributed by atoms with Crippen molar-refractivity contribution in [3.8, 4) is 6.07 Å². The molecule has 4 aliphatic heterocycles. The second kappa shape index (κ2) is 15.4. The van der Waals surface area contributed by atoms with Gasteiger partial charge >= 0.3 is 0 Å². The first-order valence-corrected chi connectivity index (χ1v) is 17.1. The lowest BCUT2D eigenvalue weighted by molar-refractivity contribution is -0.107. The van der Waals surface area contributed by atoms with Gasteiger partial charge in [-0.3, -0.25) is 19.0 Å². The molecule has 0 bridgehead atoms. The molecule has 0 aromatic carbocycles. The van der Waals surface area contributed by atoms with E-state index in [1.165, 1.54) is 0 Å². The molecule has 2 aromatic rings. The Balaban J connectivity index is 0.000000181. The molecule has 0 saturated carbocycles. The summed E-state index contributed by atoms with van der Waals surface area (Å²) in [5, 5.41) is 24.3. The van der Waals surface area contributed by atoms with Crippen LogP contribution in [0.4, 0.5) is 0 Å². The number of hydrogen-bond acceptors (Lipinski definition) is 8. The Labute approximate surface area is 271 Å². The Morgan fingerprint density at radius 2 is 1.26 bits per heavy atom. The van der Waals surface area contributed by atoms with Crippen molar-refractivity contribution in [3.05, 3.63) is 33.9 Å². The summed E-state index contributed by atoms with van der Waals surface area (Å²) in [6, 6.07) is 2.19. The Kier molecular flexibility index (Phi) is 11.3. The van der Waals surface area contributed by atoms with Crippen molar-refractivity contribution in [2.75, 3.05) is 39.5 Å². The summed E-state index contributed by atoms with van der Waals surface area (Å²) in [5.74, 6) is -0.0244. The normalized spacial score (nSPS) is 19.8. The number of carbonyl (C=O) groups is 3. The molecule has 6 heterocycles. The van der Waals surface area contributed by atoms with E-state index < -0.39 is 0 Å². The van der Waals surface area contributed by atoms with E-state index >= 15 is 0 Å². The molecule has 0 unspecified atom stereocenters. The number of unbranched alkanes of at least 4 members (excludes halogenated alkanes) is 2. The van der Waals surface area contributed by atoms with Gasteiger partial charge in [0.2, 0.25) is 0 Å². The smallest absolute Gasteiger partial charge is 0.269 e. The molecule has 6 rings (SSSR count). The molecule has 0 aliphatic carbocycles. The zero-order valence-electron chi connectivity index (χ0n) is 27.5. The number of ether oxygens (including phenoxy) is 2. The van der Waals surface area contributed by atoms with Crippen LogP contribution in [0.25, 0.3) is 0 Å². The second-order valence-corrected chi connectivity index (χ2v) is 13.2. The molecule has 2 saturated heterocycles. The van der Waals surface area contributed by atoms with Gasteiger partial charge in [-0.25, -0.2) is 0 Å². The number of nitrogens with zero attached hydrogens (tertiary/aromatic N) is 5. The highest BCUT2D eigenvalue weighted by Gasteiger charge is 2.41. The molecular weight excluding hydrogens is 586 g/mol. The van der Waals surface area contributed by atoms with Crippen LogP contribution in [0.1, 0.15) is 109 Å². The molecule has 0 atom stereocenters. The predicted octanol–water partition coefficient (Wildman–Crippen LogP) is 3.34. The van der Waals surface area contributed by atoms with Crippen LogP contribution in [0.5, 0.6) is 0 Å². The first-order chi connectivity index (χ1) is 22.4. The van der Waals surface area contributed by atoms with Crippen molar-refractivity contribution < 1.29 is 23.9 Å². The molecule has 2 amide bonds. The van der Waals surface area contributed by atoms with Crippen molar-refractivity contribution in [2.45, 2.75) is 104 Å². The van der Waals surface area contributed by atoms with Gasteiger partial charge in [0.1, 0.15) is 17.7 Å². The fourth-order valence-electron chi connectivity index (χ4n) is 7.42. The van der Waals surface area contributed by atoms with Crippen molar-refractivity contribution >= 4 is 18.1 Å². The number of amides is 2. The van der Waals surface area contributed by atoms with Gasteiger partial charge in [-0.05, 0) is 88.9 Å². The third-order valence-electron chi connectivity index (χ3n) is 10.2. The third-order valence-corrected chi connectivity index (χ3v) is 10.2. The number of carbonyl (C=O) groups excluding carboxylic acids is 3. The first kappa shape index (κ1) is 33.8. The zero-order valence-corrected chi connectivity index (χ0v) is 27.5. The lowest BCUT2D eigenvalue weighted by atomic mass is 9.75. The number of rotatable bonds is 9. The number of aryl methyl sites for hydroxylation is 4. The summed E-state index contributed by atoms with van der Waals surface area (Å²) in [7, 11) is 0. The molecule has 2 fully saturated rings. The lowest BCUT2D eigenvalue weighted by Gasteiger charge is -2.36. The predicted molar refractivity (Wildman–Crippen MR) is 170 cm³/mol. The minimum Gasteiger partial charge on any atom is -0.381 e. The van der Waals surface area contributed by atoms with Crippen LogP contribution in [-0.4, -0.2) is 77.2 Å². The van der Waals surface area contributed by atoms with Gasteiger partial charge in [0.25, 0.3) is 11.8 Å². The van der Waals surface area contributed by atoms with Crippen molar-refractivity contribution in [1.82, 2.24) is 30.2 Å². The maximum Gasteiger partial charge on any atom is 0.269 e. The number of hydrogen-bond donors (Lipinski definition) is 2. The molecule has 2 aromatic heterocycles. The standard InChI is InChI=1S/C17H24N4O2.C17H25N3O3/c1-2-21-15-13(14(20-21)5-3-4-8-18)11-17(12-19-16(15)22)6-9-23-10-7-17;1-2-20-15-13(14(19-20)5-3-4-8-21)11-17(12-18-16(15)22)6-9-23-10-7-17/h2-7,9-12H2,1H3,(H,19,22);8H,2-7,9-12H2,1H3,(H,18,22). The third kappa shape index (κ3) is 7.36. The van der Waals surface area contributed by atoms with Gasteiger partial charge < -0.3 is 24.9 Å². The minimum absolute atomic E-state index is 0.00995. The molecule has 2 N–H and O–H groups in total. The second-order valence-electron chi connectivity index (χ2n) is 13.2. The number of fused-ring (bicyclic) bond motifs is 2. The summed E-state index contributed by atoms with van der Waals surface area (Å²) in [6.07, 6.45) is 10.8. The SMILES string of the molecule is CCn1nc(CCCC#N)c2c1C(=O)NCC1(CCOCC1)C2.CCn1nc(CCCC=O)c2c1C(=O)NCC1(CCOCC1)C2. The van der Waals surface area contributed by atoms with Crippen LogP contribution < -0.4 is 10.6 Å². The van der Waals surface area contributed by atoms with Crippen molar-refractivity contribution in [2.24, 2.45) is 10.8 Å². The summed E-state index contributed by atoms with van der Waals surface area (Å²) >= 11 is 0. The Morgan fingerprint density at radius 3 is 1.67 bits per heavy atom. The monoisotopic (exact) mass is 635 g/mol. The van der Waals surface area contributed by atoms with E-state index in [-0.39, 0.29) is 22.6 Å². The van der Waals surface area contributed by atoms with Crippen LogP contribution in [0.3, 0.4) is 0 Å². The number of nitrogens with one attached hydrogen (secondary N) is 2. The van der Waals surface area contributed by atoms with Crippen LogP contribution in [0.15, 0.2) is 0 Å². The highest BCUT2D eigenvalue weighted by Crippen LogP contribution is 2.39. The maximum atomic E-state index is 12.6. The van der Waals surface area contributed by atoms with Crippen molar-refractivity contribution in [1.29, 1.82) is 5.26 Å². The Bertz CT molecular complexity index is 1430. The largest absolute Gasteiger partial charge is 0.381 e. The number of aromatic nitrogens is 4. The van der Waals surface area contributed by atoms with E-state index in [1.54, 1.807) is 0 Å². The summed E-state index contributed by atoms with van der Waals surface area (Å²) in [5.41, 5.74) is 5.80. The van der Waals surface area contributed by atoms with Crippen LogP contribution in [0, 0.1) is 22.2 Å². The van der Waals surface area contributed by atoms with E-state index in [1.807, 2.05) is 23.2 Å². The van der Waals surface area contributed by atoms with E-state index in [4.69, 9.17) is 14.7 Å². The summed E-state index contributed by atoms with van der Waals surface area (Å²) < 4.78 is 14.7. The van der Waals surface area contributed by atoms with Gasteiger partial charge in [0.15, 0.2) is 0 Å². The zero-order chi connectivity index (χ0) is 32.6. The molecule has 2 spiro atoms. The van der Waals surface area contributed by atoms with Gasteiger partial charge in [-0.2, -0.15) is 15.5 Å². The highest BCUT2D eigenvalue weighted by molar-refractivity contribution is 5.95. The molecule has 46 heavy (non-hydrogen) atoms. The van der Waals surface area contributed by atoms with Gasteiger partial charge in [-0.15, -0.1) is 0 Å². The van der Waals surface area contributed by atoms with E-state index in [2.05, 4.69) is 26.9 Å². The Hall–Kier alpha value is -3.56. The number of aldehydes is 1. The highest BCUT2D eigenvalue weighted by atomic mass is 16.5. The molecule has 0 radical (unpaired) electrons. The van der Waals surface area contributed by atoms with Crippen molar-refractivity contribution in [3.63, 3.8) is 0 Å². The maximum absolute atomic E-state index is 12.6.